The van der Waals surface area contributed by atoms with Gasteiger partial charge in [0.15, 0.2) is 11.5 Å². The van der Waals surface area contributed by atoms with E-state index >= 15 is 0 Å². The van der Waals surface area contributed by atoms with Crippen molar-refractivity contribution in [2.45, 2.75) is 6.61 Å². The fourth-order valence-electron chi connectivity index (χ4n) is 1.85. The Morgan fingerprint density at radius 2 is 2.00 bits per heavy atom. The summed E-state index contributed by atoms with van der Waals surface area (Å²) >= 11 is 0. The molecule has 0 atom stereocenters. The molecule has 1 aliphatic heterocycles. The third-order valence-corrected chi connectivity index (χ3v) is 2.88. The highest BCUT2D eigenvalue weighted by atomic mass is 19.1. The van der Waals surface area contributed by atoms with Crippen LogP contribution in [0.3, 0.4) is 0 Å². The van der Waals surface area contributed by atoms with Crippen LogP contribution >= 0.6 is 0 Å². The zero-order valence-electron chi connectivity index (χ0n) is 10.1. The van der Waals surface area contributed by atoms with Crippen LogP contribution in [0.25, 0.3) is 0 Å². The number of benzene rings is 2. The zero-order valence-corrected chi connectivity index (χ0v) is 10.1. The van der Waals surface area contributed by atoms with E-state index in [4.69, 9.17) is 19.9 Å². The van der Waals surface area contributed by atoms with Gasteiger partial charge in [-0.1, -0.05) is 6.07 Å². The van der Waals surface area contributed by atoms with E-state index in [2.05, 4.69) is 0 Å². The lowest BCUT2D eigenvalue weighted by molar-refractivity contribution is 0.173. The molecule has 0 radical (unpaired) electrons. The molecule has 2 aromatic rings. The maximum atomic E-state index is 13.6. The minimum absolute atomic E-state index is 0.0676. The predicted octanol–water partition coefficient (Wildman–Crippen LogP) is 2.72. The first-order valence-electron chi connectivity index (χ1n) is 5.79. The maximum Gasteiger partial charge on any atom is 0.231 e. The van der Waals surface area contributed by atoms with Gasteiger partial charge in [0, 0.05) is 17.3 Å². The standard InChI is InChI=1S/C14H12FNO3/c15-11-2-1-3-12(16)10(11)7-17-9-4-5-13-14(6-9)19-8-18-13/h1-6H,7-8,16H2. The van der Waals surface area contributed by atoms with Gasteiger partial charge in [-0.25, -0.2) is 4.39 Å². The molecule has 2 N–H and O–H groups in total. The first kappa shape index (κ1) is 11.6. The van der Waals surface area contributed by atoms with Crippen LogP contribution in [0.1, 0.15) is 5.56 Å². The molecule has 0 fully saturated rings. The summed E-state index contributed by atoms with van der Waals surface area (Å²) in [4.78, 5) is 0. The van der Waals surface area contributed by atoms with Crippen molar-refractivity contribution in [3.8, 4) is 17.2 Å². The number of anilines is 1. The van der Waals surface area contributed by atoms with Gasteiger partial charge in [-0.2, -0.15) is 0 Å². The van der Waals surface area contributed by atoms with Gasteiger partial charge in [0.2, 0.25) is 6.79 Å². The third-order valence-electron chi connectivity index (χ3n) is 2.88. The van der Waals surface area contributed by atoms with E-state index in [9.17, 15) is 4.39 Å². The molecule has 0 saturated carbocycles. The van der Waals surface area contributed by atoms with E-state index in [0.29, 0.717) is 28.5 Å². The first-order chi connectivity index (χ1) is 9.24. The second-order valence-electron chi connectivity index (χ2n) is 4.11. The Kier molecular flexibility index (Phi) is 2.87. The smallest absolute Gasteiger partial charge is 0.231 e. The van der Waals surface area contributed by atoms with E-state index in [0.717, 1.165) is 0 Å². The topological polar surface area (TPSA) is 53.7 Å². The van der Waals surface area contributed by atoms with Crippen molar-refractivity contribution in [3.05, 3.63) is 47.8 Å². The molecule has 4 nitrogen and oxygen atoms in total. The second kappa shape index (κ2) is 4.68. The van der Waals surface area contributed by atoms with Crippen molar-refractivity contribution in [1.82, 2.24) is 0 Å². The second-order valence-corrected chi connectivity index (χ2v) is 4.11. The van der Waals surface area contributed by atoms with Crippen LogP contribution in [-0.2, 0) is 6.61 Å². The summed E-state index contributed by atoms with van der Waals surface area (Å²) in [5, 5.41) is 0. The van der Waals surface area contributed by atoms with Crippen LogP contribution in [0.15, 0.2) is 36.4 Å². The highest BCUT2D eigenvalue weighted by Gasteiger charge is 2.14. The van der Waals surface area contributed by atoms with Gasteiger partial charge in [0.1, 0.15) is 18.2 Å². The summed E-state index contributed by atoms with van der Waals surface area (Å²) in [5.41, 5.74) is 6.43. The summed E-state index contributed by atoms with van der Waals surface area (Å²) in [6.07, 6.45) is 0. The predicted molar refractivity (Wildman–Crippen MR) is 67.7 cm³/mol. The molecule has 1 heterocycles. The Bertz CT molecular complexity index is 595. The Morgan fingerprint density at radius 3 is 2.84 bits per heavy atom. The van der Waals surface area contributed by atoms with Crippen molar-refractivity contribution in [1.29, 1.82) is 0 Å². The Hall–Kier alpha value is -2.43. The van der Waals surface area contributed by atoms with Crippen molar-refractivity contribution >= 4 is 5.69 Å². The largest absolute Gasteiger partial charge is 0.489 e. The minimum atomic E-state index is -0.374. The summed E-state index contributed by atoms with van der Waals surface area (Å²) in [7, 11) is 0. The Balaban J connectivity index is 1.76. The Morgan fingerprint density at radius 1 is 1.16 bits per heavy atom. The number of nitrogens with two attached hydrogens (primary N) is 1. The highest BCUT2D eigenvalue weighted by molar-refractivity contribution is 5.48. The molecule has 0 bridgehead atoms. The SMILES string of the molecule is Nc1cccc(F)c1COc1ccc2c(c1)OCO2. The van der Waals surface area contributed by atoms with Gasteiger partial charge in [-0.3, -0.25) is 0 Å². The number of fused-ring (bicyclic) bond motifs is 1. The lowest BCUT2D eigenvalue weighted by Gasteiger charge is -2.09. The van der Waals surface area contributed by atoms with Crippen molar-refractivity contribution in [3.63, 3.8) is 0 Å². The highest BCUT2D eigenvalue weighted by Crippen LogP contribution is 2.35. The zero-order chi connectivity index (χ0) is 13.2. The molecule has 0 spiro atoms. The quantitative estimate of drug-likeness (QED) is 0.863. The molecular formula is C14H12FNO3. The molecule has 3 rings (SSSR count). The molecule has 0 aliphatic carbocycles. The van der Waals surface area contributed by atoms with Gasteiger partial charge in [0.25, 0.3) is 0 Å². The average molecular weight is 261 g/mol. The minimum Gasteiger partial charge on any atom is -0.489 e. The number of hydrogen-bond donors (Lipinski definition) is 1. The molecule has 5 heteroatoms. The first-order valence-corrected chi connectivity index (χ1v) is 5.79. The maximum absolute atomic E-state index is 13.6. The number of hydrogen-bond acceptors (Lipinski definition) is 4. The fourth-order valence-corrected chi connectivity index (χ4v) is 1.85. The number of nitrogen functional groups attached to an aromatic ring is 1. The van der Waals surface area contributed by atoms with Gasteiger partial charge >= 0.3 is 0 Å². The van der Waals surface area contributed by atoms with Crippen LogP contribution in [0.2, 0.25) is 0 Å². The van der Waals surface area contributed by atoms with Crippen molar-refractivity contribution in [2.75, 3.05) is 12.5 Å². The van der Waals surface area contributed by atoms with E-state index < -0.39 is 0 Å². The summed E-state index contributed by atoms with van der Waals surface area (Å²) in [6.45, 7) is 0.275. The molecule has 19 heavy (non-hydrogen) atoms. The molecule has 1 aliphatic rings. The van der Waals surface area contributed by atoms with E-state index in [1.54, 1.807) is 30.3 Å². The number of rotatable bonds is 3. The van der Waals surface area contributed by atoms with Crippen molar-refractivity contribution < 1.29 is 18.6 Å². The van der Waals surface area contributed by atoms with Crippen LogP contribution in [0.5, 0.6) is 17.2 Å². The van der Waals surface area contributed by atoms with Crippen molar-refractivity contribution in [2.24, 2.45) is 0 Å². The van der Waals surface area contributed by atoms with E-state index in [1.165, 1.54) is 6.07 Å². The summed E-state index contributed by atoms with van der Waals surface area (Å²) in [5.74, 6) is 1.50. The molecule has 0 aromatic heterocycles. The molecule has 0 saturated heterocycles. The molecule has 0 unspecified atom stereocenters. The molecule has 2 aromatic carbocycles. The molecular weight excluding hydrogens is 249 g/mol. The molecule has 0 amide bonds. The van der Waals surface area contributed by atoms with Gasteiger partial charge in [-0.15, -0.1) is 0 Å². The van der Waals surface area contributed by atoms with E-state index in [1.807, 2.05) is 0 Å². The number of halogens is 1. The average Bonchev–Trinajstić information content (AvgIpc) is 2.85. The fraction of sp³-hybridized carbons (Fsp3) is 0.143. The van der Waals surface area contributed by atoms with Crippen LogP contribution < -0.4 is 19.9 Å². The third kappa shape index (κ3) is 2.27. The van der Waals surface area contributed by atoms with Gasteiger partial charge in [0.05, 0.1) is 0 Å². The van der Waals surface area contributed by atoms with E-state index in [-0.39, 0.29) is 19.2 Å². The summed E-state index contributed by atoms with van der Waals surface area (Å²) < 4.78 is 29.5. The van der Waals surface area contributed by atoms with Gasteiger partial charge < -0.3 is 19.9 Å². The molecule has 98 valence electrons. The van der Waals surface area contributed by atoms with Crippen LogP contribution in [0, 0.1) is 5.82 Å². The van der Waals surface area contributed by atoms with Gasteiger partial charge in [-0.05, 0) is 24.3 Å². The monoisotopic (exact) mass is 261 g/mol. The lowest BCUT2D eigenvalue weighted by Crippen LogP contribution is -2.03. The Labute approximate surface area is 109 Å². The van der Waals surface area contributed by atoms with Crippen LogP contribution in [-0.4, -0.2) is 6.79 Å². The summed E-state index contributed by atoms with van der Waals surface area (Å²) in [6, 6.07) is 9.76. The number of ether oxygens (including phenoxy) is 3. The van der Waals surface area contributed by atoms with Crippen LogP contribution in [0.4, 0.5) is 10.1 Å². The lowest BCUT2D eigenvalue weighted by atomic mass is 10.2. The normalized spacial score (nSPS) is 12.5.